The second kappa shape index (κ2) is 11.0. The Morgan fingerprint density at radius 2 is 2.00 bits per heavy atom. The van der Waals surface area contributed by atoms with Crippen molar-refractivity contribution in [1.29, 1.82) is 0 Å². The van der Waals surface area contributed by atoms with E-state index in [-0.39, 0.29) is 23.5 Å². The van der Waals surface area contributed by atoms with Gasteiger partial charge < -0.3 is 25.8 Å². The van der Waals surface area contributed by atoms with Gasteiger partial charge in [-0.3, -0.25) is 4.79 Å². The maximum absolute atomic E-state index is 13.9. The van der Waals surface area contributed by atoms with Gasteiger partial charge in [-0.15, -0.1) is 0 Å². The molecule has 1 aromatic carbocycles. The van der Waals surface area contributed by atoms with Crippen LogP contribution in [0.4, 0.5) is 16.0 Å². The van der Waals surface area contributed by atoms with Crippen LogP contribution >= 0.6 is 0 Å². The second-order valence-electron chi connectivity index (χ2n) is 9.55. The fourth-order valence-electron chi connectivity index (χ4n) is 4.67. The summed E-state index contributed by atoms with van der Waals surface area (Å²) in [6, 6.07) is 5.53. The molecule has 4 N–H and O–H groups in total. The van der Waals surface area contributed by atoms with E-state index >= 15 is 0 Å². The Kier molecular flexibility index (Phi) is 7.83. The summed E-state index contributed by atoms with van der Waals surface area (Å²) in [4.78, 5) is 27.9. The molecule has 3 aromatic rings. The fourth-order valence-corrected chi connectivity index (χ4v) is 4.67. The lowest BCUT2D eigenvalue weighted by atomic mass is 9.95. The zero-order valence-electron chi connectivity index (χ0n) is 21.4. The van der Waals surface area contributed by atoms with Crippen LogP contribution in [0.1, 0.15) is 54.4 Å². The van der Waals surface area contributed by atoms with Crippen molar-refractivity contribution >= 4 is 17.5 Å². The topological polar surface area (TPSA) is 114 Å². The van der Waals surface area contributed by atoms with Crippen LogP contribution in [-0.2, 0) is 6.54 Å². The van der Waals surface area contributed by atoms with Crippen molar-refractivity contribution in [2.45, 2.75) is 52.1 Å². The number of imidazole rings is 1. The summed E-state index contributed by atoms with van der Waals surface area (Å²) in [5.41, 5.74) is 8.69. The molecule has 1 saturated heterocycles. The van der Waals surface area contributed by atoms with Gasteiger partial charge in [0.25, 0.3) is 5.91 Å². The summed E-state index contributed by atoms with van der Waals surface area (Å²) < 4.78 is 16.1. The van der Waals surface area contributed by atoms with Gasteiger partial charge in [-0.2, -0.15) is 0 Å². The standard InChI is InChI=1S/C26H35FN8O/c1-16(2)30-9-12-35-14-21(19-5-6-20(27)17(3)13-19)33-24(35)18-7-10-34(11-8-18)25-22(26(36)29-4)23(28)31-15-32-25/h5-6,13-16,18,30H,7-12H2,1-4H3,(H,29,36)(H2,28,31,32). The van der Waals surface area contributed by atoms with Crippen LogP contribution < -0.4 is 21.3 Å². The molecule has 3 heterocycles. The van der Waals surface area contributed by atoms with E-state index in [4.69, 9.17) is 10.7 Å². The molecule has 1 aliphatic heterocycles. The van der Waals surface area contributed by atoms with Crippen LogP contribution in [0.2, 0.25) is 0 Å². The number of piperidine rings is 1. The van der Waals surface area contributed by atoms with Crippen molar-refractivity contribution in [3.05, 3.63) is 53.5 Å². The number of amides is 1. The lowest BCUT2D eigenvalue weighted by Gasteiger charge is -2.33. The normalized spacial score (nSPS) is 14.4. The van der Waals surface area contributed by atoms with Crippen LogP contribution in [0, 0.1) is 12.7 Å². The first kappa shape index (κ1) is 25.6. The first-order valence-corrected chi connectivity index (χ1v) is 12.4. The van der Waals surface area contributed by atoms with Gasteiger partial charge in [-0.25, -0.2) is 19.3 Å². The molecule has 10 heteroatoms. The van der Waals surface area contributed by atoms with Gasteiger partial charge in [0.15, 0.2) is 0 Å². The van der Waals surface area contributed by atoms with E-state index in [1.165, 1.54) is 12.4 Å². The third-order valence-electron chi connectivity index (χ3n) is 6.64. The SMILES string of the molecule is CNC(=O)c1c(N)ncnc1N1CCC(c2nc(-c3ccc(F)c(C)c3)cn2CCNC(C)C)CC1. The molecular weight excluding hydrogens is 459 g/mol. The number of aryl methyl sites for hydroxylation is 1. The summed E-state index contributed by atoms with van der Waals surface area (Å²) >= 11 is 0. The Morgan fingerprint density at radius 3 is 2.67 bits per heavy atom. The molecule has 36 heavy (non-hydrogen) atoms. The Bertz CT molecular complexity index is 1220. The summed E-state index contributed by atoms with van der Waals surface area (Å²) in [7, 11) is 1.57. The largest absolute Gasteiger partial charge is 0.383 e. The Morgan fingerprint density at radius 1 is 1.25 bits per heavy atom. The second-order valence-corrected chi connectivity index (χ2v) is 9.55. The van der Waals surface area contributed by atoms with E-state index in [0.717, 1.165) is 43.0 Å². The maximum atomic E-state index is 13.9. The van der Waals surface area contributed by atoms with Crippen molar-refractivity contribution in [3.8, 4) is 11.3 Å². The molecule has 0 atom stereocenters. The first-order chi connectivity index (χ1) is 17.3. The van der Waals surface area contributed by atoms with Gasteiger partial charge in [-0.1, -0.05) is 13.8 Å². The van der Waals surface area contributed by atoms with Crippen LogP contribution in [0.5, 0.6) is 0 Å². The number of benzene rings is 1. The van der Waals surface area contributed by atoms with E-state index in [9.17, 15) is 9.18 Å². The van der Waals surface area contributed by atoms with Crippen molar-refractivity contribution in [3.63, 3.8) is 0 Å². The number of nitrogens with two attached hydrogens (primary N) is 1. The molecule has 192 valence electrons. The molecule has 0 spiro atoms. The molecule has 2 aromatic heterocycles. The van der Waals surface area contributed by atoms with Gasteiger partial charge in [-0.05, 0) is 43.5 Å². The molecule has 0 bridgehead atoms. The molecule has 0 unspecified atom stereocenters. The molecule has 1 aliphatic rings. The van der Waals surface area contributed by atoms with Crippen molar-refractivity contribution in [2.24, 2.45) is 0 Å². The Labute approximate surface area is 211 Å². The minimum Gasteiger partial charge on any atom is -0.383 e. The third-order valence-corrected chi connectivity index (χ3v) is 6.64. The maximum Gasteiger partial charge on any atom is 0.258 e. The Balaban J connectivity index is 1.57. The highest BCUT2D eigenvalue weighted by Gasteiger charge is 2.29. The third kappa shape index (κ3) is 5.48. The lowest BCUT2D eigenvalue weighted by molar-refractivity contribution is 0.0963. The number of halogens is 1. The van der Waals surface area contributed by atoms with Crippen LogP contribution in [0.15, 0.2) is 30.7 Å². The van der Waals surface area contributed by atoms with Gasteiger partial charge >= 0.3 is 0 Å². The molecule has 1 fully saturated rings. The molecule has 1 amide bonds. The van der Waals surface area contributed by atoms with E-state index in [2.05, 4.69) is 50.1 Å². The lowest BCUT2D eigenvalue weighted by Crippen LogP contribution is -2.36. The van der Waals surface area contributed by atoms with Gasteiger partial charge in [0, 0.05) is 56.9 Å². The number of hydrogen-bond acceptors (Lipinski definition) is 7. The van der Waals surface area contributed by atoms with Crippen molar-refractivity contribution in [1.82, 2.24) is 30.2 Å². The van der Waals surface area contributed by atoms with E-state index in [1.807, 2.05) is 6.07 Å². The molecule has 9 nitrogen and oxygen atoms in total. The molecule has 0 saturated carbocycles. The van der Waals surface area contributed by atoms with E-state index in [1.54, 1.807) is 20.0 Å². The monoisotopic (exact) mass is 494 g/mol. The van der Waals surface area contributed by atoms with Gasteiger partial charge in [0.05, 0.1) is 5.69 Å². The quantitative estimate of drug-likeness (QED) is 0.441. The number of nitrogens with zero attached hydrogens (tertiary/aromatic N) is 5. The summed E-state index contributed by atoms with van der Waals surface area (Å²) in [6.45, 7) is 9.09. The smallest absolute Gasteiger partial charge is 0.258 e. The van der Waals surface area contributed by atoms with Crippen LogP contribution in [-0.4, -0.2) is 58.1 Å². The average Bonchev–Trinajstić information content (AvgIpc) is 3.29. The highest BCUT2D eigenvalue weighted by Crippen LogP contribution is 2.33. The summed E-state index contributed by atoms with van der Waals surface area (Å²) in [6.07, 6.45) is 5.18. The minimum atomic E-state index is -0.294. The van der Waals surface area contributed by atoms with Gasteiger partial charge in [0.2, 0.25) is 0 Å². The van der Waals surface area contributed by atoms with Crippen molar-refractivity contribution < 1.29 is 9.18 Å². The predicted octanol–water partition coefficient (Wildman–Crippen LogP) is 3.11. The summed E-state index contributed by atoms with van der Waals surface area (Å²) in [5, 5.41) is 6.10. The molecular formula is C26H35FN8O. The van der Waals surface area contributed by atoms with Crippen LogP contribution in [0.3, 0.4) is 0 Å². The zero-order chi connectivity index (χ0) is 25.8. The molecule has 0 aliphatic carbocycles. The number of nitrogen functional groups attached to an aromatic ring is 1. The molecule has 0 radical (unpaired) electrons. The number of carbonyl (C=O) groups is 1. The van der Waals surface area contributed by atoms with Gasteiger partial charge in [0.1, 0.15) is 35.2 Å². The number of hydrogen-bond donors (Lipinski definition) is 3. The number of carbonyl (C=O) groups excluding carboxylic acids is 1. The zero-order valence-corrected chi connectivity index (χ0v) is 21.4. The number of nitrogens with one attached hydrogen (secondary N) is 2. The highest BCUT2D eigenvalue weighted by molar-refractivity contribution is 6.02. The minimum absolute atomic E-state index is 0.175. The number of aromatic nitrogens is 4. The van der Waals surface area contributed by atoms with Crippen molar-refractivity contribution in [2.75, 3.05) is 37.3 Å². The predicted molar refractivity (Wildman–Crippen MR) is 140 cm³/mol. The van der Waals surface area contributed by atoms with E-state index < -0.39 is 0 Å². The number of anilines is 2. The average molecular weight is 495 g/mol. The first-order valence-electron chi connectivity index (χ1n) is 12.4. The Hall–Kier alpha value is -3.53. The van der Waals surface area contributed by atoms with E-state index in [0.29, 0.717) is 36.1 Å². The highest BCUT2D eigenvalue weighted by atomic mass is 19.1. The summed E-state index contributed by atoms with van der Waals surface area (Å²) in [5.74, 6) is 1.51. The van der Waals surface area contributed by atoms with Crippen LogP contribution in [0.25, 0.3) is 11.3 Å². The molecule has 4 rings (SSSR count). The fraction of sp³-hybridized carbons (Fsp3) is 0.462. The number of rotatable bonds is 8.